The fourth-order valence-electron chi connectivity index (χ4n) is 2.35. The number of hydrogen-bond acceptors (Lipinski definition) is 3. The van der Waals surface area contributed by atoms with E-state index < -0.39 is 5.54 Å². The number of aryl methyl sites for hydroxylation is 1. The molecule has 3 N–H and O–H groups in total. The first kappa shape index (κ1) is 13.3. The van der Waals surface area contributed by atoms with Crippen LogP contribution in [-0.4, -0.2) is 16.4 Å². The molecule has 1 aromatic heterocycles. The monoisotopic (exact) mass is 257 g/mol. The second kappa shape index (κ2) is 4.88. The van der Waals surface area contributed by atoms with Crippen molar-refractivity contribution in [3.05, 3.63) is 47.8 Å². The van der Waals surface area contributed by atoms with E-state index in [1.165, 1.54) is 0 Å². The molecule has 2 unspecified atom stereocenters. The van der Waals surface area contributed by atoms with E-state index in [2.05, 4.69) is 10.3 Å². The van der Waals surface area contributed by atoms with Crippen molar-refractivity contribution in [2.24, 2.45) is 11.7 Å². The topological polar surface area (TPSA) is 68.0 Å². The van der Waals surface area contributed by atoms with Crippen molar-refractivity contribution in [3.8, 4) is 0 Å². The molecule has 1 amide bonds. The van der Waals surface area contributed by atoms with E-state index in [1.54, 1.807) is 12.4 Å². The SMILES string of the molecule is CC1=CC=CC(C(N)=O)C1(C)Nc1cnccc1C. The molecule has 4 nitrogen and oxygen atoms in total. The minimum atomic E-state index is -0.519. The van der Waals surface area contributed by atoms with Crippen molar-refractivity contribution in [1.82, 2.24) is 4.98 Å². The second-order valence-electron chi connectivity index (χ2n) is 5.13. The fraction of sp³-hybridized carbons (Fsp3) is 0.333. The Morgan fingerprint density at radius 3 is 2.84 bits per heavy atom. The van der Waals surface area contributed by atoms with Gasteiger partial charge in [-0.15, -0.1) is 0 Å². The number of nitrogens with two attached hydrogens (primary N) is 1. The van der Waals surface area contributed by atoms with Gasteiger partial charge in [0.05, 0.1) is 23.3 Å². The third kappa shape index (κ3) is 2.38. The van der Waals surface area contributed by atoms with Crippen LogP contribution in [0, 0.1) is 12.8 Å². The van der Waals surface area contributed by atoms with Gasteiger partial charge in [-0.25, -0.2) is 0 Å². The standard InChI is InChI=1S/C15H19N3O/c1-10-7-8-17-9-13(10)18-15(3)11(2)5-4-6-12(15)14(16)19/h4-9,12,18H,1-3H3,(H2,16,19). The summed E-state index contributed by atoms with van der Waals surface area (Å²) in [6, 6.07) is 1.93. The number of carbonyl (C=O) groups is 1. The van der Waals surface area contributed by atoms with Crippen molar-refractivity contribution < 1.29 is 4.79 Å². The summed E-state index contributed by atoms with van der Waals surface area (Å²) in [5.41, 5.74) is 8.08. The largest absolute Gasteiger partial charge is 0.374 e. The Hall–Kier alpha value is -2.10. The molecule has 0 spiro atoms. The number of anilines is 1. The summed E-state index contributed by atoms with van der Waals surface area (Å²) in [4.78, 5) is 15.8. The van der Waals surface area contributed by atoms with Crippen LogP contribution in [0.1, 0.15) is 19.4 Å². The summed E-state index contributed by atoms with van der Waals surface area (Å²) in [5.74, 6) is -0.711. The van der Waals surface area contributed by atoms with Crippen LogP contribution < -0.4 is 11.1 Å². The van der Waals surface area contributed by atoms with Crippen molar-refractivity contribution in [1.29, 1.82) is 0 Å². The lowest BCUT2D eigenvalue weighted by atomic mass is 9.76. The molecular weight excluding hydrogens is 238 g/mol. The number of primary amides is 1. The lowest BCUT2D eigenvalue weighted by Gasteiger charge is -2.39. The third-order valence-electron chi connectivity index (χ3n) is 3.83. The molecule has 100 valence electrons. The normalized spacial score (nSPS) is 25.8. The van der Waals surface area contributed by atoms with Crippen molar-refractivity contribution in [3.63, 3.8) is 0 Å². The highest BCUT2D eigenvalue weighted by molar-refractivity contribution is 5.82. The van der Waals surface area contributed by atoms with Gasteiger partial charge in [0.15, 0.2) is 0 Å². The van der Waals surface area contributed by atoms with E-state index >= 15 is 0 Å². The van der Waals surface area contributed by atoms with Crippen LogP contribution in [-0.2, 0) is 4.79 Å². The lowest BCUT2D eigenvalue weighted by molar-refractivity contribution is -0.121. The van der Waals surface area contributed by atoms with E-state index in [0.717, 1.165) is 16.8 Å². The van der Waals surface area contributed by atoms with E-state index in [0.29, 0.717) is 0 Å². The smallest absolute Gasteiger partial charge is 0.227 e. The molecule has 0 fully saturated rings. The zero-order chi connectivity index (χ0) is 14.0. The average molecular weight is 257 g/mol. The van der Waals surface area contributed by atoms with Crippen LogP contribution in [0.3, 0.4) is 0 Å². The van der Waals surface area contributed by atoms with Gasteiger partial charge in [0.25, 0.3) is 0 Å². The number of allylic oxidation sites excluding steroid dienone is 2. The summed E-state index contributed by atoms with van der Waals surface area (Å²) in [5, 5.41) is 3.42. The number of hydrogen-bond donors (Lipinski definition) is 2. The van der Waals surface area contributed by atoms with Gasteiger partial charge in [0.2, 0.25) is 5.91 Å². The van der Waals surface area contributed by atoms with E-state index in [1.807, 2.05) is 45.1 Å². The molecule has 2 rings (SSSR count). The number of amides is 1. The summed E-state index contributed by atoms with van der Waals surface area (Å²) in [7, 11) is 0. The highest BCUT2D eigenvalue weighted by Gasteiger charge is 2.39. The maximum absolute atomic E-state index is 11.7. The summed E-state index contributed by atoms with van der Waals surface area (Å²) < 4.78 is 0. The Kier molecular flexibility index (Phi) is 3.42. The highest BCUT2D eigenvalue weighted by atomic mass is 16.1. The molecule has 0 saturated carbocycles. The Balaban J connectivity index is 2.39. The molecule has 0 aromatic carbocycles. The number of carbonyl (C=O) groups excluding carboxylic acids is 1. The van der Waals surface area contributed by atoms with Crippen LogP contribution >= 0.6 is 0 Å². The molecule has 2 atom stereocenters. The van der Waals surface area contributed by atoms with Crippen LogP contribution in [0.4, 0.5) is 5.69 Å². The number of nitrogens with one attached hydrogen (secondary N) is 1. The predicted octanol–water partition coefficient (Wildman–Crippen LogP) is 2.18. The number of nitrogens with zero attached hydrogens (tertiary/aromatic N) is 1. The zero-order valence-corrected chi connectivity index (χ0v) is 11.5. The number of pyridine rings is 1. The minimum absolute atomic E-state index is 0.333. The van der Waals surface area contributed by atoms with Gasteiger partial charge in [-0.2, -0.15) is 0 Å². The first-order chi connectivity index (χ1) is 8.95. The third-order valence-corrected chi connectivity index (χ3v) is 3.83. The molecular formula is C15H19N3O. The van der Waals surface area contributed by atoms with Crippen LogP contribution in [0.15, 0.2) is 42.3 Å². The van der Waals surface area contributed by atoms with Gasteiger partial charge in [0.1, 0.15) is 0 Å². The van der Waals surface area contributed by atoms with Gasteiger partial charge >= 0.3 is 0 Å². The first-order valence-electron chi connectivity index (χ1n) is 6.29. The second-order valence-corrected chi connectivity index (χ2v) is 5.13. The van der Waals surface area contributed by atoms with Crippen LogP contribution in [0.5, 0.6) is 0 Å². The van der Waals surface area contributed by atoms with Gasteiger partial charge < -0.3 is 11.1 Å². The van der Waals surface area contributed by atoms with E-state index in [4.69, 9.17) is 5.73 Å². The number of rotatable bonds is 3. The van der Waals surface area contributed by atoms with Crippen LogP contribution in [0.2, 0.25) is 0 Å². The molecule has 0 radical (unpaired) electrons. The van der Waals surface area contributed by atoms with Crippen LogP contribution in [0.25, 0.3) is 0 Å². The van der Waals surface area contributed by atoms with Gasteiger partial charge in [0, 0.05) is 6.20 Å². The zero-order valence-electron chi connectivity index (χ0n) is 11.5. The minimum Gasteiger partial charge on any atom is -0.374 e. The summed E-state index contributed by atoms with van der Waals surface area (Å²) >= 11 is 0. The molecule has 4 heteroatoms. The van der Waals surface area contributed by atoms with E-state index in [-0.39, 0.29) is 11.8 Å². The lowest BCUT2D eigenvalue weighted by Crippen LogP contribution is -2.49. The van der Waals surface area contributed by atoms with Gasteiger partial charge in [-0.1, -0.05) is 18.2 Å². The highest BCUT2D eigenvalue weighted by Crippen LogP contribution is 2.34. The fourth-order valence-corrected chi connectivity index (χ4v) is 2.35. The Labute approximate surface area is 113 Å². The predicted molar refractivity (Wildman–Crippen MR) is 76.6 cm³/mol. The molecule has 1 heterocycles. The van der Waals surface area contributed by atoms with Crippen molar-refractivity contribution in [2.45, 2.75) is 26.3 Å². The molecule has 0 aliphatic heterocycles. The molecule has 1 aromatic rings. The van der Waals surface area contributed by atoms with E-state index in [9.17, 15) is 4.79 Å². The molecule has 0 saturated heterocycles. The molecule has 1 aliphatic carbocycles. The maximum Gasteiger partial charge on any atom is 0.227 e. The van der Waals surface area contributed by atoms with Crippen molar-refractivity contribution >= 4 is 11.6 Å². The average Bonchev–Trinajstić information content (AvgIpc) is 2.35. The summed E-state index contributed by atoms with van der Waals surface area (Å²) in [6.07, 6.45) is 9.23. The quantitative estimate of drug-likeness (QED) is 0.872. The molecule has 1 aliphatic rings. The first-order valence-corrected chi connectivity index (χ1v) is 6.29. The molecule has 19 heavy (non-hydrogen) atoms. The summed E-state index contributed by atoms with van der Waals surface area (Å²) in [6.45, 7) is 5.99. The number of aromatic nitrogens is 1. The Morgan fingerprint density at radius 2 is 2.21 bits per heavy atom. The molecule has 0 bridgehead atoms. The van der Waals surface area contributed by atoms with Gasteiger partial charge in [-0.3, -0.25) is 9.78 Å². The van der Waals surface area contributed by atoms with Gasteiger partial charge in [-0.05, 0) is 38.0 Å². The maximum atomic E-state index is 11.7. The van der Waals surface area contributed by atoms with Crippen molar-refractivity contribution in [2.75, 3.05) is 5.32 Å². The Morgan fingerprint density at radius 1 is 1.47 bits per heavy atom. The Bertz CT molecular complexity index is 562.